The van der Waals surface area contributed by atoms with Gasteiger partial charge in [-0.3, -0.25) is 4.79 Å². The Labute approximate surface area is 92.5 Å². The Kier molecular flexibility index (Phi) is 3.94. The highest BCUT2D eigenvalue weighted by Gasteiger charge is 2.11. The van der Waals surface area contributed by atoms with Gasteiger partial charge >= 0.3 is 0 Å². The van der Waals surface area contributed by atoms with E-state index in [2.05, 4.69) is 5.32 Å². The molecule has 4 nitrogen and oxygen atoms in total. The van der Waals surface area contributed by atoms with Gasteiger partial charge in [-0.2, -0.15) is 0 Å². The van der Waals surface area contributed by atoms with Gasteiger partial charge in [0.1, 0.15) is 5.75 Å². The predicted octanol–water partition coefficient (Wildman–Crippen LogP) is 1.16. The fourth-order valence-corrected chi connectivity index (χ4v) is 1.20. The zero-order valence-electron chi connectivity index (χ0n) is 8.20. The van der Waals surface area contributed by atoms with Gasteiger partial charge in [0.05, 0.1) is 11.7 Å². The van der Waals surface area contributed by atoms with Crippen molar-refractivity contribution in [1.82, 2.24) is 5.32 Å². The Hall–Kier alpha value is -1.26. The summed E-state index contributed by atoms with van der Waals surface area (Å²) in [4.78, 5) is 11.5. The topological polar surface area (TPSA) is 69.6 Å². The summed E-state index contributed by atoms with van der Waals surface area (Å²) < 4.78 is 0. The van der Waals surface area contributed by atoms with Crippen molar-refractivity contribution in [1.29, 1.82) is 0 Å². The lowest BCUT2D eigenvalue weighted by molar-refractivity contribution is 0.0921. The Morgan fingerprint density at radius 3 is 2.80 bits per heavy atom. The van der Waals surface area contributed by atoms with Crippen molar-refractivity contribution in [2.45, 2.75) is 13.0 Å². The number of phenolic OH excluding ortho intramolecular Hbond substituents is 1. The van der Waals surface area contributed by atoms with Gasteiger partial charge in [-0.1, -0.05) is 11.6 Å². The van der Waals surface area contributed by atoms with Crippen molar-refractivity contribution in [3.63, 3.8) is 0 Å². The van der Waals surface area contributed by atoms with Crippen LogP contribution in [0.3, 0.4) is 0 Å². The third kappa shape index (κ3) is 3.42. The summed E-state index contributed by atoms with van der Waals surface area (Å²) in [5.41, 5.74) is 0.139. The summed E-state index contributed by atoms with van der Waals surface area (Å²) >= 11 is 5.62. The highest BCUT2D eigenvalue weighted by atomic mass is 35.5. The van der Waals surface area contributed by atoms with E-state index in [0.717, 1.165) is 0 Å². The smallest absolute Gasteiger partial charge is 0.255 e. The molecule has 0 fully saturated rings. The van der Waals surface area contributed by atoms with Gasteiger partial charge in [-0.15, -0.1) is 0 Å². The van der Waals surface area contributed by atoms with Gasteiger partial charge in [-0.25, -0.2) is 0 Å². The van der Waals surface area contributed by atoms with E-state index in [1.807, 2.05) is 0 Å². The molecule has 0 saturated heterocycles. The first kappa shape index (κ1) is 11.8. The second-order valence-electron chi connectivity index (χ2n) is 3.22. The number of aliphatic hydroxyl groups excluding tert-OH is 1. The largest absolute Gasteiger partial charge is 0.507 e. The molecule has 3 N–H and O–H groups in total. The van der Waals surface area contributed by atoms with Gasteiger partial charge in [0.15, 0.2) is 0 Å². The van der Waals surface area contributed by atoms with Crippen LogP contribution in [0.25, 0.3) is 0 Å². The fourth-order valence-electron chi connectivity index (χ4n) is 1.03. The highest BCUT2D eigenvalue weighted by molar-refractivity contribution is 6.30. The molecular weight excluding hydrogens is 218 g/mol. The summed E-state index contributed by atoms with van der Waals surface area (Å²) in [5.74, 6) is -0.615. The molecule has 1 rings (SSSR count). The number of aliphatic hydroxyl groups is 1. The van der Waals surface area contributed by atoms with E-state index in [1.165, 1.54) is 18.2 Å². The Balaban J connectivity index is 2.74. The second-order valence-corrected chi connectivity index (χ2v) is 3.66. The van der Waals surface area contributed by atoms with E-state index in [-0.39, 0.29) is 17.9 Å². The SMILES string of the molecule is C[C@H](O)CNC(=O)c1ccc(Cl)cc1O. The van der Waals surface area contributed by atoms with Crippen molar-refractivity contribution in [2.24, 2.45) is 0 Å². The van der Waals surface area contributed by atoms with Crippen molar-refractivity contribution < 1.29 is 15.0 Å². The first-order valence-electron chi connectivity index (χ1n) is 4.45. The molecule has 0 spiro atoms. The average molecular weight is 230 g/mol. The van der Waals surface area contributed by atoms with E-state index in [4.69, 9.17) is 16.7 Å². The molecule has 5 heteroatoms. The number of hydrogen-bond donors (Lipinski definition) is 3. The van der Waals surface area contributed by atoms with Gasteiger partial charge in [0.2, 0.25) is 0 Å². The molecule has 1 amide bonds. The molecule has 0 aromatic heterocycles. The Morgan fingerprint density at radius 1 is 1.60 bits per heavy atom. The molecule has 0 heterocycles. The lowest BCUT2D eigenvalue weighted by Crippen LogP contribution is -2.30. The summed E-state index contributed by atoms with van der Waals surface area (Å²) in [6, 6.07) is 4.23. The van der Waals surface area contributed by atoms with Gasteiger partial charge < -0.3 is 15.5 Å². The fraction of sp³-hybridized carbons (Fsp3) is 0.300. The molecule has 0 aliphatic carbocycles. The lowest BCUT2D eigenvalue weighted by Gasteiger charge is -2.08. The first-order valence-corrected chi connectivity index (χ1v) is 4.83. The second kappa shape index (κ2) is 5.00. The standard InChI is InChI=1S/C10H12ClNO3/c1-6(13)5-12-10(15)8-3-2-7(11)4-9(8)14/h2-4,6,13-14H,5H2,1H3,(H,12,15)/t6-/m0/s1. The molecule has 0 bridgehead atoms. The van der Waals surface area contributed by atoms with Crippen molar-refractivity contribution in [2.75, 3.05) is 6.54 Å². The maximum Gasteiger partial charge on any atom is 0.255 e. The molecule has 0 unspecified atom stereocenters. The first-order chi connectivity index (χ1) is 7.00. The molecule has 0 aliphatic rings. The van der Waals surface area contributed by atoms with E-state index >= 15 is 0 Å². The summed E-state index contributed by atoms with van der Waals surface area (Å²) in [6.07, 6.45) is -0.622. The molecule has 1 atom stereocenters. The van der Waals surface area contributed by atoms with E-state index < -0.39 is 12.0 Å². The molecule has 1 aromatic carbocycles. The molecule has 0 saturated carbocycles. The molecule has 15 heavy (non-hydrogen) atoms. The molecular formula is C10H12ClNO3. The monoisotopic (exact) mass is 229 g/mol. The summed E-state index contributed by atoms with van der Waals surface area (Å²) in [5, 5.41) is 21.2. The maximum absolute atomic E-state index is 11.5. The van der Waals surface area contributed by atoms with Crippen LogP contribution in [0.15, 0.2) is 18.2 Å². The van der Waals surface area contributed by atoms with E-state index in [0.29, 0.717) is 5.02 Å². The Morgan fingerprint density at radius 2 is 2.27 bits per heavy atom. The minimum Gasteiger partial charge on any atom is -0.507 e. The lowest BCUT2D eigenvalue weighted by atomic mass is 10.2. The minimum atomic E-state index is -0.622. The van der Waals surface area contributed by atoms with Crippen LogP contribution in [0.5, 0.6) is 5.75 Å². The number of carbonyl (C=O) groups excluding carboxylic acids is 1. The number of hydrogen-bond acceptors (Lipinski definition) is 3. The number of aromatic hydroxyl groups is 1. The van der Waals surface area contributed by atoms with Gasteiger partial charge in [-0.05, 0) is 25.1 Å². The van der Waals surface area contributed by atoms with Gasteiger partial charge in [0, 0.05) is 11.6 Å². The Bertz CT molecular complexity index is 366. The van der Waals surface area contributed by atoms with Crippen LogP contribution in [-0.2, 0) is 0 Å². The normalized spacial score (nSPS) is 12.2. The number of amides is 1. The summed E-state index contributed by atoms with van der Waals surface area (Å²) in [6.45, 7) is 1.70. The summed E-state index contributed by atoms with van der Waals surface area (Å²) in [7, 11) is 0. The number of halogens is 1. The van der Waals surface area contributed by atoms with Crippen molar-refractivity contribution in [3.05, 3.63) is 28.8 Å². The third-order valence-corrected chi connectivity index (χ3v) is 2.00. The average Bonchev–Trinajstić information content (AvgIpc) is 2.14. The van der Waals surface area contributed by atoms with Crippen LogP contribution < -0.4 is 5.32 Å². The van der Waals surface area contributed by atoms with Crippen LogP contribution in [-0.4, -0.2) is 28.8 Å². The van der Waals surface area contributed by atoms with Crippen LogP contribution >= 0.6 is 11.6 Å². The zero-order valence-corrected chi connectivity index (χ0v) is 8.95. The zero-order chi connectivity index (χ0) is 11.4. The van der Waals surface area contributed by atoms with Crippen molar-refractivity contribution >= 4 is 17.5 Å². The van der Waals surface area contributed by atoms with Crippen LogP contribution in [0.4, 0.5) is 0 Å². The van der Waals surface area contributed by atoms with Gasteiger partial charge in [0.25, 0.3) is 5.91 Å². The molecule has 82 valence electrons. The number of benzene rings is 1. The third-order valence-electron chi connectivity index (χ3n) is 1.76. The number of nitrogens with one attached hydrogen (secondary N) is 1. The molecule has 1 aromatic rings. The number of carbonyl (C=O) groups is 1. The highest BCUT2D eigenvalue weighted by Crippen LogP contribution is 2.21. The molecule has 0 radical (unpaired) electrons. The predicted molar refractivity (Wildman–Crippen MR) is 57.1 cm³/mol. The van der Waals surface area contributed by atoms with Crippen molar-refractivity contribution in [3.8, 4) is 5.75 Å². The van der Waals surface area contributed by atoms with E-state index in [9.17, 15) is 9.90 Å². The van der Waals surface area contributed by atoms with Crippen LogP contribution in [0, 0.1) is 0 Å². The molecule has 0 aliphatic heterocycles. The quantitative estimate of drug-likeness (QED) is 0.729. The number of rotatable bonds is 3. The van der Waals surface area contributed by atoms with Crippen LogP contribution in [0.1, 0.15) is 17.3 Å². The number of phenols is 1. The minimum absolute atomic E-state index is 0.139. The maximum atomic E-state index is 11.5. The van der Waals surface area contributed by atoms with Crippen LogP contribution in [0.2, 0.25) is 5.02 Å². The van der Waals surface area contributed by atoms with E-state index in [1.54, 1.807) is 6.92 Å².